The fraction of sp³-hybridized carbons (Fsp3) is 0.800. The van der Waals surface area contributed by atoms with Crippen LogP contribution in [0.1, 0.15) is 34.6 Å². The number of hydrogen-bond acceptors (Lipinski definition) is 3. The van der Waals surface area contributed by atoms with Crippen LogP contribution in [-0.4, -0.2) is 24.0 Å². The van der Waals surface area contributed by atoms with Crippen LogP contribution in [0.3, 0.4) is 0 Å². The smallest absolute Gasteiger partial charge is 0.325 e. The van der Waals surface area contributed by atoms with E-state index in [0.29, 0.717) is 0 Å². The first kappa shape index (κ1) is 12.9. The first-order chi connectivity index (χ1) is 6.22. The average molecular weight is 201 g/mol. The summed E-state index contributed by atoms with van der Waals surface area (Å²) in [5, 5.41) is 2.49. The second kappa shape index (κ2) is 4.98. The van der Waals surface area contributed by atoms with Crippen molar-refractivity contribution >= 4 is 11.9 Å². The summed E-state index contributed by atoms with van der Waals surface area (Å²) in [6.07, 6.45) is 0. The Morgan fingerprint density at radius 2 is 1.79 bits per heavy atom. The molecule has 14 heavy (non-hydrogen) atoms. The third-order valence-electron chi connectivity index (χ3n) is 1.35. The molecule has 0 aromatic rings. The third-order valence-corrected chi connectivity index (χ3v) is 1.35. The molecule has 0 saturated heterocycles. The van der Waals surface area contributed by atoms with Gasteiger partial charge in [-0.3, -0.25) is 9.59 Å². The fourth-order valence-electron chi connectivity index (χ4n) is 0.741. The zero-order valence-corrected chi connectivity index (χ0v) is 9.51. The van der Waals surface area contributed by atoms with Crippen LogP contribution in [0.5, 0.6) is 0 Å². The Kier molecular flexibility index (Phi) is 4.60. The van der Waals surface area contributed by atoms with Crippen LogP contribution < -0.4 is 5.32 Å². The molecule has 0 radical (unpaired) electrons. The number of nitrogens with one attached hydrogen (secondary N) is 1. The number of ether oxygens (including phenoxy) is 1. The standard InChI is InChI=1S/C10H19NO3/c1-7(2)9(13)11-6-8(12)14-10(3,4)5/h7H,6H2,1-5H3,(H,11,13). The van der Waals surface area contributed by atoms with E-state index in [4.69, 9.17) is 4.74 Å². The normalized spacial score (nSPS) is 11.3. The first-order valence-electron chi connectivity index (χ1n) is 4.72. The highest BCUT2D eigenvalue weighted by Crippen LogP contribution is 2.06. The minimum atomic E-state index is -0.500. The van der Waals surface area contributed by atoms with Gasteiger partial charge in [0.05, 0.1) is 0 Å². The second-order valence-corrected chi connectivity index (χ2v) is 4.46. The lowest BCUT2D eigenvalue weighted by molar-refractivity contribution is -0.154. The molecule has 4 nitrogen and oxygen atoms in total. The van der Waals surface area contributed by atoms with Gasteiger partial charge in [-0.15, -0.1) is 0 Å². The highest BCUT2D eigenvalue weighted by atomic mass is 16.6. The molecule has 0 aromatic carbocycles. The molecule has 0 heterocycles. The molecule has 1 N–H and O–H groups in total. The first-order valence-corrected chi connectivity index (χ1v) is 4.72. The molecule has 1 amide bonds. The molecule has 0 rings (SSSR count). The van der Waals surface area contributed by atoms with E-state index in [-0.39, 0.29) is 18.4 Å². The summed E-state index contributed by atoms with van der Waals surface area (Å²) in [5.41, 5.74) is -0.500. The number of rotatable bonds is 3. The van der Waals surface area contributed by atoms with Crippen LogP contribution in [0.4, 0.5) is 0 Å². The van der Waals surface area contributed by atoms with Crippen LogP contribution in [-0.2, 0) is 14.3 Å². The maximum atomic E-state index is 11.1. The van der Waals surface area contributed by atoms with Crippen LogP contribution in [0.2, 0.25) is 0 Å². The summed E-state index contributed by atoms with van der Waals surface area (Å²) in [4.78, 5) is 22.2. The predicted molar refractivity (Wildman–Crippen MR) is 53.7 cm³/mol. The van der Waals surface area contributed by atoms with Gasteiger partial charge in [0.25, 0.3) is 0 Å². The zero-order chi connectivity index (χ0) is 11.4. The molecule has 0 aliphatic carbocycles. The SMILES string of the molecule is CC(C)C(=O)NCC(=O)OC(C)(C)C. The van der Waals surface area contributed by atoms with Gasteiger partial charge in [0.2, 0.25) is 5.91 Å². The Morgan fingerprint density at radius 1 is 1.29 bits per heavy atom. The van der Waals surface area contributed by atoms with E-state index in [2.05, 4.69) is 5.32 Å². The summed E-state index contributed by atoms with van der Waals surface area (Å²) >= 11 is 0. The highest BCUT2D eigenvalue weighted by molar-refractivity contribution is 5.83. The topological polar surface area (TPSA) is 55.4 Å². The molecule has 0 unspecified atom stereocenters. The third kappa shape index (κ3) is 6.46. The van der Waals surface area contributed by atoms with Gasteiger partial charge in [-0.25, -0.2) is 0 Å². The van der Waals surface area contributed by atoms with Gasteiger partial charge in [0.15, 0.2) is 0 Å². The van der Waals surface area contributed by atoms with Crippen molar-refractivity contribution < 1.29 is 14.3 Å². The summed E-state index contributed by atoms with van der Waals surface area (Å²) in [6.45, 7) is 8.84. The lowest BCUT2D eigenvalue weighted by atomic mass is 10.2. The maximum absolute atomic E-state index is 11.1. The van der Waals surface area contributed by atoms with Crippen molar-refractivity contribution in [2.75, 3.05) is 6.54 Å². The van der Waals surface area contributed by atoms with Crippen molar-refractivity contribution in [1.82, 2.24) is 5.32 Å². The number of esters is 1. The van der Waals surface area contributed by atoms with E-state index in [1.807, 2.05) is 0 Å². The minimum Gasteiger partial charge on any atom is -0.459 e. The molecule has 0 aliphatic heterocycles. The lowest BCUT2D eigenvalue weighted by Crippen LogP contribution is -2.36. The summed E-state index contributed by atoms with van der Waals surface area (Å²) < 4.78 is 5.01. The van der Waals surface area contributed by atoms with Gasteiger partial charge in [-0.1, -0.05) is 13.8 Å². The van der Waals surface area contributed by atoms with Gasteiger partial charge in [0, 0.05) is 5.92 Å². The second-order valence-electron chi connectivity index (χ2n) is 4.46. The van der Waals surface area contributed by atoms with Crippen molar-refractivity contribution in [2.45, 2.75) is 40.2 Å². The average Bonchev–Trinajstić information content (AvgIpc) is 1.96. The van der Waals surface area contributed by atoms with Crippen molar-refractivity contribution in [3.05, 3.63) is 0 Å². The van der Waals surface area contributed by atoms with Crippen LogP contribution >= 0.6 is 0 Å². The van der Waals surface area contributed by atoms with Gasteiger partial charge >= 0.3 is 5.97 Å². The molecular formula is C10H19NO3. The maximum Gasteiger partial charge on any atom is 0.325 e. The number of amides is 1. The van der Waals surface area contributed by atoms with Crippen LogP contribution in [0.25, 0.3) is 0 Å². The molecule has 0 fully saturated rings. The Bertz CT molecular complexity index is 216. The molecule has 4 heteroatoms. The Labute approximate surface area is 85.0 Å². The Morgan fingerprint density at radius 3 is 2.14 bits per heavy atom. The monoisotopic (exact) mass is 201 g/mol. The Hall–Kier alpha value is -1.06. The van der Waals surface area contributed by atoms with Crippen molar-refractivity contribution in [1.29, 1.82) is 0 Å². The fourth-order valence-corrected chi connectivity index (χ4v) is 0.741. The molecule has 0 aromatic heterocycles. The summed E-state index contributed by atoms with van der Waals surface area (Å²) in [6, 6.07) is 0. The van der Waals surface area contributed by atoms with Gasteiger partial charge in [0.1, 0.15) is 12.1 Å². The Balaban J connectivity index is 3.81. The number of carbonyl (C=O) groups excluding carboxylic acids is 2. The number of hydrogen-bond donors (Lipinski definition) is 1. The highest BCUT2D eigenvalue weighted by Gasteiger charge is 2.17. The largest absolute Gasteiger partial charge is 0.459 e. The van der Waals surface area contributed by atoms with E-state index in [1.165, 1.54) is 0 Å². The number of carbonyl (C=O) groups is 2. The quantitative estimate of drug-likeness (QED) is 0.696. The van der Waals surface area contributed by atoms with Crippen molar-refractivity contribution in [3.8, 4) is 0 Å². The molecule has 0 spiro atoms. The lowest BCUT2D eigenvalue weighted by Gasteiger charge is -2.19. The minimum absolute atomic E-state index is 0.0612. The van der Waals surface area contributed by atoms with Gasteiger partial charge in [-0.2, -0.15) is 0 Å². The molecule has 0 saturated carbocycles. The molecule has 82 valence electrons. The predicted octanol–water partition coefficient (Wildman–Crippen LogP) is 1.10. The van der Waals surface area contributed by atoms with Crippen LogP contribution in [0, 0.1) is 5.92 Å². The van der Waals surface area contributed by atoms with E-state index >= 15 is 0 Å². The zero-order valence-electron chi connectivity index (χ0n) is 9.51. The molecule has 0 bridgehead atoms. The summed E-state index contributed by atoms with van der Waals surface area (Å²) in [7, 11) is 0. The molecular weight excluding hydrogens is 182 g/mol. The van der Waals surface area contributed by atoms with E-state index < -0.39 is 11.6 Å². The molecule has 0 atom stereocenters. The van der Waals surface area contributed by atoms with E-state index in [0.717, 1.165) is 0 Å². The van der Waals surface area contributed by atoms with Crippen molar-refractivity contribution in [3.63, 3.8) is 0 Å². The van der Waals surface area contributed by atoms with Crippen LogP contribution in [0.15, 0.2) is 0 Å². The summed E-state index contributed by atoms with van der Waals surface area (Å²) in [5.74, 6) is -0.667. The van der Waals surface area contributed by atoms with Gasteiger partial charge in [-0.05, 0) is 20.8 Å². The molecule has 0 aliphatic rings. The van der Waals surface area contributed by atoms with Crippen molar-refractivity contribution in [2.24, 2.45) is 5.92 Å². The van der Waals surface area contributed by atoms with E-state index in [9.17, 15) is 9.59 Å². The van der Waals surface area contributed by atoms with Gasteiger partial charge < -0.3 is 10.1 Å². The van der Waals surface area contributed by atoms with E-state index in [1.54, 1.807) is 34.6 Å².